The average Bonchev–Trinajstić information content (AvgIpc) is 3.40. The summed E-state index contributed by atoms with van der Waals surface area (Å²) in [6.07, 6.45) is 38.8. The number of carboxylic acids is 1. The van der Waals surface area contributed by atoms with Gasteiger partial charge in [-0.2, -0.15) is 13.2 Å². The molecule has 0 aromatic heterocycles. The number of carbonyl (C=O) groups is 4. The smallest absolute Gasteiger partial charge is 0.475 e. The van der Waals surface area contributed by atoms with Crippen LogP contribution in [0.4, 0.5) is 13.2 Å². The molecule has 0 spiro atoms. The first-order chi connectivity index (χ1) is 37.5. The minimum absolute atomic E-state index is 0.00535. The Morgan fingerprint density at radius 1 is 0.442 bits per heavy atom. The van der Waals surface area contributed by atoms with Gasteiger partial charge in [-0.25, -0.2) is 9.59 Å². The standard InChI is InChI=1S/C56H106N2O12.C2HF3O2/c1-4-6-8-10-12-14-16-18-20-22-24-26-28-30-32-34-38-66-52-53(67-39-35-33-31-29-27-25-23-21-19-17-15-13-11-9-7-5-2)56(61)70-49-47-65-45-43-63-42-44-64-46-48-69-55(60)51-58-37-41-68-54(59)50-57-36-40-62-3;3-2(4,5)1(6)7/h18-21,53,57-58H,4-17,22-52H2,1-3H3;(H,6,7)/b20-18-,21-19-;. The van der Waals surface area contributed by atoms with Crippen LogP contribution in [0.15, 0.2) is 24.3 Å². The normalized spacial score (nSPS) is 12.0. The zero-order valence-electron chi connectivity index (χ0n) is 48.1. The Labute approximate surface area is 462 Å². The van der Waals surface area contributed by atoms with Gasteiger partial charge >= 0.3 is 30.1 Å². The molecule has 0 heterocycles. The van der Waals surface area contributed by atoms with E-state index in [2.05, 4.69) is 48.8 Å². The molecule has 0 aliphatic carbocycles. The van der Waals surface area contributed by atoms with Crippen molar-refractivity contribution in [1.82, 2.24) is 10.6 Å². The van der Waals surface area contributed by atoms with Crippen molar-refractivity contribution in [1.29, 1.82) is 0 Å². The summed E-state index contributed by atoms with van der Waals surface area (Å²) in [5.74, 6) is -3.96. The Hall–Kier alpha value is -3.17. The zero-order chi connectivity index (χ0) is 56.8. The fraction of sp³-hybridized carbons (Fsp3) is 0.862. The Morgan fingerprint density at radius 2 is 0.792 bits per heavy atom. The highest BCUT2D eigenvalue weighted by Crippen LogP contribution is 2.14. The molecule has 0 amide bonds. The van der Waals surface area contributed by atoms with Gasteiger partial charge in [-0.15, -0.1) is 0 Å². The number of alkyl halides is 3. The third kappa shape index (κ3) is 63.5. The van der Waals surface area contributed by atoms with E-state index in [0.717, 1.165) is 25.7 Å². The summed E-state index contributed by atoms with van der Waals surface area (Å²) in [5, 5.41) is 12.9. The predicted molar refractivity (Wildman–Crippen MR) is 296 cm³/mol. The van der Waals surface area contributed by atoms with Crippen LogP contribution in [0.1, 0.15) is 194 Å². The maximum atomic E-state index is 13.0. The highest BCUT2D eigenvalue weighted by Gasteiger charge is 2.38. The van der Waals surface area contributed by atoms with Crippen molar-refractivity contribution in [2.45, 2.75) is 206 Å². The molecular weight excluding hydrogens is 1010 g/mol. The predicted octanol–water partition coefficient (Wildman–Crippen LogP) is 11.6. The molecule has 0 aliphatic heterocycles. The summed E-state index contributed by atoms with van der Waals surface area (Å²) in [6, 6.07) is 0. The van der Waals surface area contributed by atoms with Crippen LogP contribution in [-0.2, 0) is 61.8 Å². The van der Waals surface area contributed by atoms with Crippen LogP contribution in [-0.4, -0.2) is 160 Å². The quantitative estimate of drug-likeness (QED) is 0.0225. The summed E-state index contributed by atoms with van der Waals surface area (Å²) in [7, 11) is 1.59. The van der Waals surface area contributed by atoms with Crippen LogP contribution < -0.4 is 10.6 Å². The second kappa shape index (κ2) is 62.0. The van der Waals surface area contributed by atoms with E-state index < -0.39 is 30.2 Å². The topological polar surface area (TPSA) is 196 Å². The van der Waals surface area contributed by atoms with Gasteiger partial charge in [-0.05, 0) is 64.2 Å². The van der Waals surface area contributed by atoms with Crippen molar-refractivity contribution in [3.8, 4) is 0 Å². The van der Waals surface area contributed by atoms with E-state index in [4.69, 9.17) is 52.5 Å². The molecule has 0 aliphatic rings. The number of ether oxygens (including phenoxy) is 9. The van der Waals surface area contributed by atoms with Gasteiger partial charge in [0.25, 0.3) is 0 Å². The monoisotopic (exact) mass is 1110 g/mol. The summed E-state index contributed by atoms with van der Waals surface area (Å²) >= 11 is 0. The number of methoxy groups -OCH3 is 1. The van der Waals surface area contributed by atoms with E-state index in [1.807, 2.05) is 0 Å². The molecule has 0 aromatic rings. The lowest BCUT2D eigenvalue weighted by Crippen LogP contribution is -2.32. The molecule has 0 fully saturated rings. The molecule has 0 aromatic carbocycles. The number of unbranched alkanes of at least 4 members (excludes halogenated alkanes) is 24. The highest BCUT2D eigenvalue weighted by atomic mass is 19.4. The van der Waals surface area contributed by atoms with Gasteiger partial charge in [0.1, 0.15) is 19.8 Å². The Bertz CT molecular complexity index is 1360. The molecule has 454 valence electrons. The van der Waals surface area contributed by atoms with E-state index in [0.29, 0.717) is 59.3 Å². The SMILES string of the molecule is CCCCCCCC/C=C\CCCCCCCCOCC(OCCCCCCCC/C=C\CCCCCCCC)C(=O)OCCOCCOCCOCCOC(=O)CNCCOC(=O)CNCCOC.O=C(O)C(F)(F)F. The van der Waals surface area contributed by atoms with Gasteiger partial charge in [0.05, 0.1) is 65.9 Å². The maximum Gasteiger partial charge on any atom is 0.490 e. The van der Waals surface area contributed by atoms with E-state index >= 15 is 0 Å². The van der Waals surface area contributed by atoms with Gasteiger partial charge in [-0.3, -0.25) is 9.59 Å². The Kier molecular flexibility index (Phi) is 61.1. The lowest BCUT2D eigenvalue weighted by Gasteiger charge is -2.17. The second-order valence-corrected chi connectivity index (χ2v) is 18.9. The van der Waals surface area contributed by atoms with Crippen LogP contribution in [0.25, 0.3) is 0 Å². The van der Waals surface area contributed by atoms with Gasteiger partial charge in [-0.1, -0.05) is 154 Å². The van der Waals surface area contributed by atoms with Crippen LogP contribution in [0.5, 0.6) is 0 Å². The maximum absolute atomic E-state index is 13.0. The fourth-order valence-corrected chi connectivity index (χ4v) is 7.35. The van der Waals surface area contributed by atoms with Gasteiger partial charge in [0.2, 0.25) is 0 Å². The zero-order valence-corrected chi connectivity index (χ0v) is 48.1. The van der Waals surface area contributed by atoms with E-state index in [9.17, 15) is 27.6 Å². The van der Waals surface area contributed by atoms with E-state index in [-0.39, 0.29) is 58.7 Å². The number of esters is 3. The number of rotatable bonds is 58. The van der Waals surface area contributed by atoms with Crippen LogP contribution in [0, 0.1) is 0 Å². The molecular formula is C58H107F3N2O14. The van der Waals surface area contributed by atoms with Crippen LogP contribution >= 0.6 is 0 Å². The molecule has 3 N–H and O–H groups in total. The lowest BCUT2D eigenvalue weighted by atomic mass is 10.1. The van der Waals surface area contributed by atoms with Crippen molar-refractivity contribution >= 4 is 23.9 Å². The van der Waals surface area contributed by atoms with Crippen LogP contribution in [0.3, 0.4) is 0 Å². The van der Waals surface area contributed by atoms with E-state index in [1.165, 1.54) is 154 Å². The summed E-state index contributed by atoms with van der Waals surface area (Å²) in [6.45, 7) is 9.70. The molecule has 0 rings (SSSR count). The fourth-order valence-electron chi connectivity index (χ4n) is 7.35. The number of nitrogens with one attached hydrogen (secondary N) is 2. The molecule has 0 bridgehead atoms. The molecule has 16 nitrogen and oxygen atoms in total. The van der Waals surface area contributed by atoms with Crippen molar-refractivity contribution < 1.29 is 80.1 Å². The highest BCUT2D eigenvalue weighted by molar-refractivity contribution is 5.75. The molecule has 1 unspecified atom stereocenters. The van der Waals surface area contributed by atoms with Gasteiger partial charge in [0.15, 0.2) is 6.10 Å². The Balaban J connectivity index is 0. The van der Waals surface area contributed by atoms with Gasteiger partial charge < -0.3 is 58.4 Å². The largest absolute Gasteiger partial charge is 0.490 e. The van der Waals surface area contributed by atoms with Crippen LogP contribution in [0.2, 0.25) is 0 Å². The molecule has 19 heteroatoms. The molecule has 1 atom stereocenters. The first-order valence-corrected chi connectivity index (χ1v) is 29.4. The number of carbonyl (C=O) groups excluding carboxylic acids is 3. The number of hydrogen-bond acceptors (Lipinski definition) is 15. The molecule has 0 radical (unpaired) electrons. The summed E-state index contributed by atoms with van der Waals surface area (Å²) in [4.78, 5) is 45.3. The van der Waals surface area contributed by atoms with Crippen molar-refractivity contribution in [3.63, 3.8) is 0 Å². The minimum atomic E-state index is -5.08. The first kappa shape index (κ1) is 75.9. The first-order valence-electron chi connectivity index (χ1n) is 29.4. The number of carboxylic acid groups (broad SMARTS) is 1. The molecule has 0 saturated heterocycles. The third-order valence-corrected chi connectivity index (χ3v) is 11.8. The van der Waals surface area contributed by atoms with Crippen molar-refractivity contribution in [2.75, 3.05) is 119 Å². The number of allylic oxidation sites excluding steroid dienone is 4. The summed E-state index contributed by atoms with van der Waals surface area (Å²) in [5.41, 5.74) is 0. The van der Waals surface area contributed by atoms with Crippen molar-refractivity contribution in [3.05, 3.63) is 24.3 Å². The third-order valence-electron chi connectivity index (χ3n) is 11.8. The molecule has 77 heavy (non-hydrogen) atoms. The summed E-state index contributed by atoms with van der Waals surface area (Å²) < 4.78 is 80.9. The minimum Gasteiger partial charge on any atom is -0.475 e. The molecule has 0 saturated carbocycles. The lowest BCUT2D eigenvalue weighted by molar-refractivity contribution is -0.192. The van der Waals surface area contributed by atoms with Crippen molar-refractivity contribution in [2.24, 2.45) is 0 Å². The number of hydrogen-bond donors (Lipinski definition) is 3. The Morgan fingerprint density at radius 3 is 1.21 bits per heavy atom. The number of aliphatic carboxylic acids is 1. The van der Waals surface area contributed by atoms with E-state index in [1.54, 1.807) is 7.11 Å². The number of halogens is 3. The van der Waals surface area contributed by atoms with Gasteiger partial charge in [0, 0.05) is 33.4 Å². The second-order valence-electron chi connectivity index (χ2n) is 18.9. The average molecular weight is 1110 g/mol.